The largest absolute Gasteiger partial charge is 0.465 e. The molecule has 0 heterocycles. The average molecular weight is 346 g/mol. The topological polar surface area (TPSA) is 52.6 Å². The first kappa shape index (κ1) is 20.9. The molecule has 0 radical (unpaired) electrons. The molecule has 0 aliphatic carbocycles. The highest BCUT2D eigenvalue weighted by Crippen LogP contribution is 2.13. The molecule has 0 fully saturated rings. The minimum absolute atomic E-state index is 0.0593. The Kier molecular flexibility index (Phi) is 11.1. The van der Waals surface area contributed by atoms with E-state index in [-0.39, 0.29) is 31.4 Å². The Morgan fingerprint density at radius 1 is 1.04 bits per heavy atom. The zero-order valence-corrected chi connectivity index (χ0v) is 15.4. The van der Waals surface area contributed by atoms with Crippen molar-refractivity contribution in [2.45, 2.75) is 52.4 Å². The first-order valence-electron chi connectivity index (χ1n) is 9.18. The number of hydrogen-bond acceptors (Lipinski definition) is 4. The third-order valence-corrected chi connectivity index (χ3v) is 4.01. The predicted octanol–water partition coefficient (Wildman–Crippen LogP) is 4.78. The molecular weight excluding hydrogens is 316 g/mol. The average Bonchev–Trinajstić information content (AvgIpc) is 2.64. The SMILES string of the molecule is CCCCC(CC)COC(=O)CCC(=O)OC/C=C/c1ccccc1. The second kappa shape index (κ2) is 13.2. The van der Waals surface area contributed by atoms with Crippen molar-refractivity contribution in [3.63, 3.8) is 0 Å². The van der Waals surface area contributed by atoms with Crippen LogP contribution < -0.4 is 0 Å². The van der Waals surface area contributed by atoms with Crippen LogP contribution >= 0.6 is 0 Å². The van der Waals surface area contributed by atoms with Gasteiger partial charge in [-0.2, -0.15) is 0 Å². The summed E-state index contributed by atoms with van der Waals surface area (Å²) in [6.45, 7) is 4.91. The van der Waals surface area contributed by atoms with Crippen LogP contribution in [0.3, 0.4) is 0 Å². The lowest BCUT2D eigenvalue weighted by Crippen LogP contribution is -2.15. The molecule has 1 aromatic carbocycles. The summed E-state index contributed by atoms with van der Waals surface area (Å²) in [7, 11) is 0. The molecule has 0 amide bonds. The van der Waals surface area contributed by atoms with Crippen LogP contribution in [0.25, 0.3) is 6.08 Å². The summed E-state index contributed by atoms with van der Waals surface area (Å²) in [5.41, 5.74) is 1.05. The fourth-order valence-electron chi connectivity index (χ4n) is 2.35. The second-order valence-electron chi connectivity index (χ2n) is 6.10. The second-order valence-corrected chi connectivity index (χ2v) is 6.10. The van der Waals surface area contributed by atoms with Crippen LogP contribution in [-0.2, 0) is 19.1 Å². The quantitative estimate of drug-likeness (QED) is 0.511. The first-order valence-corrected chi connectivity index (χ1v) is 9.18. The van der Waals surface area contributed by atoms with Crippen LogP contribution in [0.2, 0.25) is 0 Å². The lowest BCUT2D eigenvalue weighted by atomic mass is 10.0. The van der Waals surface area contributed by atoms with Gasteiger partial charge in [-0.25, -0.2) is 0 Å². The highest BCUT2D eigenvalue weighted by molar-refractivity contribution is 5.77. The zero-order valence-electron chi connectivity index (χ0n) is 15.4. The van der Waals surface area contributed by atoms with E-state index >= 15 is 0 Å². The third kappa shape index (κ3) is 10.4. The molecule has 4 heteroatoms. The van der Waals surface area contributed by atoms with Gasteiger partial charge < -0.3 is 9.47 Å². The molecule has 1 aromatic rings. The number of carbonyl (C=O) groups excluding carboxylic acids is 2. The summed E-state index contributed by atoms with van der Waals surface area (Å²) in [4.78, 5) is 23.3. The van der Waals surface area contributed by atoms with Gasteiger partial charge in [-0.3, -0.25) is 9.59 Å². The summed E-state index contributed by atoms with van der Waals surface area (Å²) in [6.07, 6.45) is 8.19. The van der Waals surface area contributed by atoms with E-state index in [0.29, 0.717) is 12.5 Å². The van der Waals surface area contributed by atoms with Gasteiger partial charge in [0.05, 0.1) is 19.4 Å². The van der Waals surface area contributed by atoms with E-state index in [1.54, 1.807) is 6.08 Å². The Morgan fingerprint density at radius 3 is 2.36 bits per heavy atom. The lowest BCUT2D eigenvalue weighted by Gasteiger charge is -2.14. The Hall–Kier alpha value is -2.10. The molecule has 0 spiro atoms. The number of carbonyl (C=O) groups is 2. The molecule has 0 aromatic heterocycles. The van der Waals surface area contributed by atoms with Gasteiger partial charge in [0.2, 0.25) is 0 Å². The molecule has 138 valence electrons. The van der Waals surface area contributed by atoms with Crippen molar-refractivity contribution in [2.75, 3.05) is 13.2 Å². The number of benzene rings is 1. The summed E-state index contributed by atoms with van der Waals surface area (Å²) in [5, 5.41) is 0. The van der Waals surface area contributed by atoms with Gasteiger partial charge in [-0.05, 0) is 24.0 Å². The zero-order chi connectivity index (χ0) is 18.3. The van der Waals surface area contributed by atoms with Crippen molar-refractivity contribution in [2.24, 2.45) is 5.92 Å². The van der Waals surface area contributed by atoms with E-state index < -0.39 is 0 Å². The van der Waals surface area contributed by atoms with Gasteiger partial charge >= 0.3 is 11.9 Å². The maximum atomic E-state index is 11.7. The number of unbranched alkanes of at least 4 members (excludes halogenated alkanes) is 1. The standard InChI is InChI=1S/C21H30O4/c1-3-5-10-18(4-2)17-25-21(23)15-14-20(22)24-16-9-13-19-11-7-6-8-12-19/h6-9,11-13,18H,3-5,10,14-17H2,1-2H3/b13-9+. The molecule has 0 saturated heterocycles. The van der Waals surface area contributed by atoms with Gasteiger partial charge in [0.1, 0.15) is 6.61 Å². The molecule has 1 unspecified atom stereocenters. The van der Waals surface area contributed by atoms with Crippen molar-refractivity contribution in [3.05, 3.63) is 42.0 Å². The lowest BCUT2D eigenvalue weighted by molar-refractivity contribution is -0.150. The van der Waals surface area contributed by atoms with E-state index in [1.807, 2.05) is 36.4 Å². The molecule has 0 saturated carbocycles. The van der Waals surface area contributed by atoms with Gasteiger partial charge in [-0.15, -0.1) is 0 Å². The summed E-state index contributed by atoms with van der Waals surface area (Å²) in [6, 6.07) is 9.78. The number of esters is 2. The summed E-state index contributed by atoms with van der Waals surface area (Å²) >= 11 is 0. The summed E-state index contributed by atoms with van der Waals surface area (Å²) in [5.74, 6) is -0.293. The fourth-order valence-corrected chi connectivity index (χ4v) is 2.35. The van der Waals surface area contributed by atoms with Crippen molar-refractivity contribution < 1.29 is 19.1 Å². The molecule has 25 heavy (non-hydrogen) atoms. The molecule has 0 aliphatic rings. The van der Waals surface area contributed by atoms with Crippen molar-refractivity contribution in [3.8, 4) is 0 Å². The van der Waals surface area contributed by atoms with Crippen molar-refractivity contribution in [1.29, 1.82) is 0 Å². The third-order valence-electron chi connectivity index (χ3n) is 4.01. The van der Waals surface area contributed by atoms with E-state index in [1.165, 1.54) is 0 Å². The van der Waals surface area contributed by atoms with Crippen molar-refractivity contribution >= 4 is 18.0 Å². The number of rotatable bonds is 12. The monoisotopic (exact) mass is 346 g/mol. The maximum absolute atomic E-state index is 11.7. The van der Waals surface area contributed by atoms with Crippen LogP contribution in [-0.4, -0.2) is 25.2 Å². The van der Waals surface area contributed by atoms with Gasteiger partial charge in [-0.1, -0.05) is 69.5 Å². The Morgan fingerprint density at radius 2 is 1.72 bits per heavy atom. The van der Waals surface area contributed by atoms with Crippen LogP contribution in [0.15, 0.2) is 36.4 Å². The van der Waals surface area contributed by atoms with E-state index in [9.17, 15) is 9.59 Å². The molecule has 4 nitrogen and oxygen atoms in total. The van der Waals surface area contributed by atoms with Crippen LogP contribution in [0.5, 0.6) is 0 Å². The normalized spacial score (nSPS) is 12.1. The van der Waals surface area contributed by atoms with Crippen LogP contribution in [0.1, 0.15) is 57.9 Å². The van der Waals surface area contributed by atoms with Gasteiger partial charge in [0.15, 0.2) is 0 Å². The maximum Gasteiger partial charge on any atom is 0.306 e. The minimum atomic E-state index is -0.382. The van der Waals surface area contributed by atoms with Gasteiger partial charge in [0, 0.05) is 0 Å². The predicted molar refractivity (Wildman–Crippen MR) is 99.9 cm³/mol. The molecule has 1 atom stereocenters. The smallest absolute Gasteiger partial charge is 0.306 e. The van der Waals surface area contributed by atoms with E-state index in [2.05, 4.69) is 13.8 Å². The van der Waals surface area contributed by atoms with Crippen LogP contribution in [0.4, 0.5) is 0 Å². The molecule has 0 aliphatic heterocycles. The summed E-state index contributed by atoms with van der Waals surface area (Å²) < 4.78 is 10.3. The van der Waals surface area contributed by atoms with Crippen molar-refractivity contribution in [1.82, 2.24) is 0 Å². The first-order chi connectivity index (χ1) is 12.2. The van der Waals surface area contributed by atoms with E-state index in [0.717, 1.165) is 31.2 Å². The molecular formula is C21H30O4. The Bertz CT molecular complexity index is 522. The highest BCUT2D eigenvalue weighted by Gasteiger charge is 2.12. The highest BCUT2D eigenvalue weighted by atomic mass is 16.5. The Labute approximate surface area is 151 Å². The fraction of sp³-hybridized carbons (Fsp3) is 0.524. The molecule has 1 rings (SSSR count). The van der Waals surface area contributed by atoms with Gasteiger partial charge in [0.25, 0.3) is 0 Å². The number of ether oxygens (including phenoxy) is 2. The van der Waals surface area contributed by atoms with Crippen LogP contribution in [0, 0.1) is 5.92 Å². The molecule has 0 bridgehead atoms. The Balaban J connectivity index is 2.14. The number of hydrogen-bond donors (Lipinski definition) is 0. The molecule has 0 N–H and O–H groups in total. The minimum Gasteiger partial charge on any atom is -0.465 e. The van der Waals surface area contributed by atoms with E-state index in [4.69, 9.17) is 9.47 Å².